The predicted molar refractivity (Wildman–Crippen MR) is 123 cm³/mol. The summed E-state index contributed by atoms with van der Waals surface area (Å²) in [4.78, 5) is 0. The first kappa shape index (κ1) is 19.9. The summed E-state index contributed by atoms with van der Waals surface area (Å²) in [6.45, 7) is 9.17. The first-order valence-electron chi connectivity index (χ1n) is 10.8. The summed E-state index contributed by atoms with van der Waals surface area (Å²) in [5.41, 5.74) is 1.39. The Hall–Kier alpha value is -1.80. The molecule has 0 heterocycles. The van der Waals surface area contributed by atoms with Crippen molar-refractivity contribution in [1.29, 1.82) is 0 Å². The number of rotatable bonds is 9. The highest BCUT2D eigenvalue weighted by atomic mass is 28.4. The molecule has 0 spiro atoms. The van der Waals surface area contributed by atoms with Crippen LogP contribution in [0.4, 0.5) is 0 Å². The number of benzene rings is 3. The van der Waals surface area contributed by atoms with Gasteiger partial charge in [0.2, 0.25) is 0 Å². The van der Waals surface area contributed by atoms with Crippen LogP contribution in [0.5, 0.6) is 5.75 Å². The monoisotopic (exact) mass is 378 g/mol. The lowest BCUT2D eigenvalue weighted by atomic mass is 10.00. The smallest absolute Gasteiger partial charge is 0.251 e. The molecule has 0 aromatic heterocycles. The highest BCUT2D eigenvalue weighted by molar-refractivity contribution is 6.74. The standard InChI is InChI=1S/C25H34OSi/c1-5-15-27(16-6-2,17-7-3)26-25-23-12-10-9-11-21(23)19-22-14-13-20(8-4)18-24(22)25/h9-14,18-19H,5-8,15-17H2,1-4H3. The third-order valence-corrected chi connectivity index (χ3v) is 10.6. The minimum absolute atomic E-state index is 1.06. The largest absolute Gasteiger partial charge is 0.543 e. The lowest BCUT2D eigenvalue weighted by Crippen LogP contribution is -2.41. The average molecular weight is 379 g/mol. The lowest BCUT2D eigenvalue weighted by molar-refractivity contribution is 0.529. The number of fused-ring (bicyclic) bond motifs is 2. The Bertz CT molecular complexity index is 882. The zero-order valence-electron chi connectivity index (χ0n) is 17.5. The van der Waals surface area contributed by atoms with Gasteiger partial charge >= 0.3 is 0 Å². The zero-order chi connectivity index (χ0) is 19.3. The van der Waals surface area contributed by atoms with Gasteiger partial charge in [-0.2, -0.15) is 0 Å². The molecule has 3 aromatic rings. The molecule has 0 aliphatic rings. The van der Waals surface area contributed by atoms with Gasteiger partial charge in [-0.05, 0) is 53.0 Å². The van der Waals surface area contributed by atoms with E-state index in [-0.39, 0.29) is 0 Å². The fourth-order valence-electron chi connectivity index (χ4n) is 4.51. The van der Waals surface area contributed by atoms with Gasteiger partial charge in [0.15, 0.2) is 0 Å². The van der Waals surface area contributed by atoms with Crippen LogP contribution in [0.3, 0.4) is 0 Å². The Morgan fingerprint density at radius 2 is 1.33 bits per heavy atom. The van der Waals surface area contributed by atoms with Crippen molar-refractivity contribution in [2.24, 2.45) is 0 Å². The molecule has 3 rings (SSSR count). The van der Waals surface area contributed by atoms with Crippen molar-refractivity contribution in [3.05, 3.63) is 54.1 Å². The summed E-state index contributed by atoms with van der Waals surface area (Å²) in [7, 11) is -1.80. The van der Waals surface area contributed by atoms with Crippen LogP contribution in [0, 0.1) is 0 Å². The van der Waals surface area contributed by atoms with Gasteiger partial charge in [0.25, 0.3) is 8.32 Å². The summed E-state index contributed by atoms with van der Waals surface area (Å²) < 4.78 is 7.19. The molecule has 0 amide bonds. The summed E-state index contributed by atoms with van der Waals surface area (Å²) in [6.07, 6.45) is 4.71. The van der Waals surface area contributed by atoms with Crippen LogP contribution in [0.25, 0.3) is 21.5 Å². The van der Waals surface area contributed by atoms with Crippen molar-refractivity contribution >= 4 is 29.9 Å². The molecule has 144 valence electrons. The van der Waals surface area contributed by atoms with Crippen molar-refractivity contribution in [2.75, 3.05) is 0 Å². The van der Waals surface area contributed by atoms with Crippen LogP contribution >= 0.6 is 0 Å². The minimum Gasteiger partial charge on any atom is -0.543 e. The lowest BCUT2D eigenvalue weighted by Gasteiger charge is -2.33. The normalized spacial score (nSPS) is 12.0. The Morgan fingerprint density at radius 3 is 1.96 bits per heavy atom. The molecule has 0 unspecified atom stereocenters. The van der Waals surface area contributed by atoms with Gasteiger partial charge in [-0.15, -0.1) is 0 Å². The van der Waals surface area contributed by atoms with Crippen molar-refractivity contribution in [3.63, 3.8) is 0 Å². The van der Waals surface area contributed by atoms with Crippen LogP contribution in [0.1, 0.15) is 52.5 Å². The van der Waals surface area contributed by atoms with Gasteiger partial charge in [0.1, 0.15) is 5.75 Å². The SMILES string of the molecule is CCC[Si](CCC)(CCC)Oc1c2ccccc2cc2ccc(CC)cc12. The molecular weight excluding hydrogens is 344 g/mol. The molecule has 0 saturated heterocycles. The van der Waals surface area contributed by atoms with Crippen molar-refractivity contribution < 1.29 is 4.43 Å². The van der Waals surface area contributed by atoms with Gasteiger partial charge in [-0.25, -0.2) is 0 Å². The Labute approximate surface area is 165 Å². The topological polar surface area (TPSA) is 9.23 Å². The van der Waals surface area contributed by atoms with E-state index < -0.39 is 8.32 Å². The summed E-state index contributed by atoms with van der Waals surface area (Å²) in [6, 6.07) is 21.7. The van der Waals surface area contributed by atoms with E-state index in [1.54, 1.807) is 0 Å². The van der Waals surface area contributed by atoms with Gasteiger partial charge in [-0.1, -0.05) is 83.4 Å². The van der Waals surface area contributed by atoms with Crippen molar-refractivity contribution in [2.45, 2.75) is 71.5 Å². The maximum Gasteiger partial charge on any atom is 0.251 e. The van der Waals surface area contributed by atoms with Gasteiger partial charge in [0.05, 0.1) is 0 Å². The third kappa shape index (κ3) is 4.21. The summed E-state index contributed by atoms with van der Waals surface area (Å²) in [5.74, 6) is 1.15. The number of hydrogen-bond acceptors (Lipinski definition) is 1. The summed E-state index contributed by atoms with van der Waals surface area (Å²) in [5, 5.41) is 5.16. The molecule has 0 fully saturated rings. The molecule has 0 aliphatic carbocycles. The maximum absolute atomic E-state index is 7.19. The molecule has 27 heavy (non-hydrogen) atoms. The minimum atomic E-state index is -1.80. The Kier molecular flexibility index (Phi) is 6.59. The van der Waals surface area contributed by atoms with E-state index in [1.807, 2.05) is 0 Å². The molecule has 0 aliphatic heterocycles. The molecule has 2 heteroatoms. The highest BCUT2D eigenvalue weighted by Crippen LogP contribution is 2.40. The van der Waals surface area contributed by atoms with Crippen LogP contribution in [-0.4, -0.2) is 8.32 Å². The molecule has 0 atom stereocenters. The van der Waals surface area contributed by atoms with E-state index in [1.165, 1.54) is 64.5 Å². The molecular formula is C25H34OSi. The van der Waals surface area contributed by atoms with E-state index in [0.717, 1.165) is 12.2 Å². The highest BCUT2D eigenvalue weighted by Gasteiger charge is 2.35. The van der Waals surface area contributed by atoms with E-state index in [0.29, 0.717) is 0 Å². The van der Waals surface area contributed by atoms with Crippen LogP contribution in [0.2, 0.25) is 18.1 Å². The molecule has 3 aromatic carbocycles. The summed E-state index contributed by atoms with van der Waals surface area (Å²) >= 11 is 0. The van der Waals surface area contributed by atoms with Gasteiger partial charge in [0, 0.05) is 10.8 Å². The zero-order valence-corrected chi connectivity index (χ0v) is 18.5. The van der Waals surface area contributed by atoms with Crippen molar-refractivity contribution in [3.8, 4) is 5.75 Å². The fourth-order valence-corrected chi connectivity index (χ4v) is 8.95. The molecule has 0 N–H and O–H groups in total. The number of aryl methyl sites for hydroxylation is 1. The van der Waals surface area contributed by atoms with Gasteiger partial charge < -0.3 is 4.43 Å². The second-order valence-corrected chi connectivity index (χ2v) is 11.9. The predicted octanol–water partition coefficient (Wildman–Crippen LogP) is 8.11. The van der Waals surface area contributed by atoms with E-state index in [9.17, 15) is 0 Å². The Morgan fingerprint density at radius 1 is 0.704 bits per heavy atom. The molecule has 0 bridgehead atoms. The second-order valence-electron chi connectivity index (χ2n) is 7.87. The number of hydrogen-bond donors (Lipinski definition) is 0. The van der Waals surface area contributed by atoms with Crippen LogP contribution in [-0.2, 0) is 6.42 Å². The first-order valence-corrected chi connectivity index (χ1v) is 13.3. The van der Waals surface area contributed by atoms with Gasteiger partial charge in [-0.3, -0.25) is 0 Å². The first-order chi connectivity index (χ1) is 13.2. The Balaban J connectivity index is 2.24. The van der Waals surface area contributed by atoms with Crippen molar-refractivity contribution in [1.82, 2.24) is 0 Å². The van der Waals surface area contributed by atoms with Crippen LogP contribution < -0.4 is 4.43 Å². The molecule has 0 saturated carbocycles. The maximum atomic E-state index is 7.19. The molecule has 1 nitrogen and oxygen atoms in total. The van der Waals surface area contributed by atoms with Crippen LogP contribution in [0.15, 0.2) is 48.5 Å². The average Bonchev–Trinajstić information content (AvgIpc) is 2.68. The quantitative estimate of drug-likeness (QED) is 0.270. The fraction of sp³-hybridized carbons (Fsp3) is 0.440. The van der Waals surface area contributed by atoms with E-state index in [4.69, 9.17) is 4.43 Å². The van der Waals surface area contributed by atoms with E-state index in [2.05, 4.69) is 76.2 Å². The second kappa shape index (κ2) is 8.92. The molecule has 0 radical (unpaired) electrons. The third-order valence-electron chi connectivity index (χ3n) is 5.72. The van der Waals surface area contributed by atoms with E-state index >= 15 is 0 Å².